The van der Waals surface area contributed by atoms with Gasteiger partial charge in [-0.3, -0.25) is 4.90 Å². The largest absolute Gasteiger partial charge is 0.375 e. The zero-order valence-electron chi connectivity index (χ0n) is 10.9. The SMILES string of the molecule is C1CCC(CN2CCOC3CCCCC32)NC1. The molecular formula is C14H26N2O. The van der Waals surface area contributed by atoms with Gasteiger partial charge in [-0.1, -0.05) is 19.3 Å². The molecule has 17 heavy (non-hydrogen) atoms. The van der Waals surface area contributed by atoms with Crippen molar-refractivity contribution < 1.29 is 4.74 Å². The van der Waals surface area contributed by atoms with Gasteiger partial charge in [0.2, 0.25) is 0 Å². The van der Waals surface area contributed by atoms with Crippen LogP contribution < -0.4 is 5.32 Å². The monoisotopic (exact) mass is 238 g/mol. The molecule has 2 saturated heterocycles. The Balaban J connectivity index is 1.56. The number of morpholine rings is 1. The predicted octanol–water partition coefficient (Wildman–Crippen LogP) is 1.77. The summed E-state index contributed by atoms with van der Waals surface area (Å²) in [4.78, 5) is 2.72. The summed E-state index contributed by atoms with van der Waals surface area (Å²) in [6, 6.07) is 1.46. The average Bonchev–Trinajstić information content (AvgIpc) is 2.40. The molecule has 2 heterocycles. The molecule has 0 spiro atoms. The molecule has 3 unspecified atom stereocenters. The summed E-state index contributed by atoms with van der Waals surface area (Å²) in [7, 11) is 0. The van der Waals surface area contributed by atoms with Crippen LogP contribution in [0.5, 0.6) is 0 Å². The number of hydrogen-bond donors (Lipinski definition) is 1. The van der Waals surface area contributed by atoms with Crippen molar-refractivity contribution in [2.24, 2.45) is 0 Å². The summed E-state index contributed by atoms with van der Waals surface area (Å²) >= 11 is 0. The van der Waals surface area contributed by atoms with Crippen LogP contribution in [0.2, 0.25) is 0 Å². The van der Waals surface area contributed by atoms with E-state index in [2.05, 4.69) is 10.2 Å². The highest BCUT2D eigenvalue weighted by Crippen LogP contribution is 2.28. The molecule has 3 fully saturated rings. The Morgan fingerprint density at radius 1 is 1.06 bits per heavy atom. The van der Waals surface area contributed by atoms with Crippen LogP contribution in [0, 0.1) is 0 Å². The summed E-state index contributed by atoms with van der Waals surface area (Å²) in [6.07, 6.45) is 10.1. The van der Waals surface area contributed by atoms with E-state index >= 15 is 0 Å². The van der Waals surface area contributed by atoms with E-state index in [1.165, 1.54) is 58.0 Å². The summed E-state index contributed by atoms with van der Waals surface area (Å²) < 4.78 is 5.94. The highest BCUT2D eigenvalue weighted by atomic mass is 16.5. The third-order valence-electron chi connectivity index (χ3n) is 4.71. The van der Waals surface area contributed by atoms with Gasteiger partial charge in [0.1, 0.15) is 0 Å². The van der Waals surface area contributed by atoms with Crippen molar-refractivity contribution in [3.63, 3.8) is 0 Å². The summed E-state index contributed by atoms with van der Waals surface area (Å²) in [5.74, 6) is 0. The van der Waals surface area contributed by atoms with Crippen molar-refractivity contribution in [2.75, 3.05) is 26.2 Å². The Morgan fingerprint density at radius 2 is 1.94 bits per heavy atom. The molecule has 3 heteroatoms. The molecule has 0 aromatic carbocycles. The van der Waals surface area contributed by atoms with E-state index in [1.54, 1.807) is 0 Å². The van der Waals surface area contributed by atoms with Gasteiger partial charge in [0.25, 0.3) is 0 Å². The molecule has 1 N–H and O–H groups in total. The first-order chi connectivity index (χ1) is 8.43. The van der Waals surface area contributed by atoms with Crippen LogP contribution in [-0.4, -0.2) is 49.3 Å². The Labute approximate surface area is 105 Å². The van der Waals surface area contributed by atoms with Crippen LogP contribution in [0.25, 0.3) is 0 Å². The van der Waals surface area contributed by atoms with Gasteiger partial charge in [-0.25, -0.2) is 0 Å². The summed E-state index contributed by atoms with van der Waals surface area (Å²) in [6.45, 7) is 4.58. The van der Waals surface area contributed by atoms with E-state index in [0.717, 1.165) is 25.2 Å². The number of nitrogens with one attached hydrogen (secondary N) is 1. The third-order valence-corrected chi connectivity index (χ3v) is 4.71. The summed E-state index contributed by atoms with van der Waals surface area (Å²) in [5.41, 5.74) is 0. The first-order valence-corrected chi connectivity index (χ1v) is 7.52. The molecule has 2 aliphatic heterocycles. The number of nitrogens with zero attached hydrogens (tertiary/aromatic N) is 1. The lowest BCUT2D eigenvalue weighted by Crippen LogP contribution is -2.56. The van der Waals surface area contributed by atoms with Crippen molar-refractivity contribution in [2.45, 2.75) is 63.1 Å². The quantitative estimate of drug-likeness (QED) is 0.793. The molecule has 1 saturated carbocycles. The third kappa shape index (κ3) is 2.83. The number of fused-ring (bicyclic) bond motifs is 1. The first kappa shape index (κ1) is 11.9. The molecule has 1 aliphatic carbocycles. The molecule has 0 radical (unpaired) electrons. The molecule has 3 aliphatic rings. The van der Waals surface area contributed by atoms with Crippen LogP contribution in [0.15, 0.2) is 0 Å². The Morgan fingerprint density at radius 3 is 2.82 bits per heavy atom. The second kappa shape index (κ2) is 5.68. The topological polar surface area (TPSA) is 24.5 Å². The fourth-order valence-corrected chi connectivity index (χ4v) is 3.77. The smallest absolute Gasteiger partial charge is 0.0730 e. The molecular weight excluding hydrogens is 212 g/mol. The van der Waals surface area contributed by atoms with Crippen molar-refractivity contribution in [3.05, 3.63) is 0 Å². The number of ether oxygens (including phenoxy) is 1. The highest BCUT2D eigenvalue weighted by Gasteiger charge is 2.34. The molecule has 0 amide bonds. The van der Waals surface area contributed by atoms with Gasteiger partial charge < -0.3 is 10.1 Å². The Bertz CT molecular complexity index is 238. The van der Waals surface area contributed by atoms with E-state index in [0.29, 0.717) is 6.10 Å². The van der Waals surface area contributed by atoms with Gasteiger partial charge in [0.15, 0.2) is 0 Å². The summed E-state index contributed by atoms with van der Waals surface area (Å²) in [5, 5.41) is 3.68. The van der Waals surface area contributed by atoms with Crippen LogP contribution in [0.3, 0.4) is 0 Å². The minimum Gasteiger partial charge on any atom is -0.375 e. The van der Waals surface area contributed by atoms with Gasteiger partial charge in [-0.05, 0) is 32.2 Å². The molecule has 3 rings (SSSR count). The minimum absolute atomic E-state index is 0.543. The number of rotatable bonds is 2. The van der Waals surface area contributed by atoms with Gasteiger partial charge >= 0.3 is 0 Å². The maximum Gasteiger partial charge on any atom is 0.0730 e. The van der Waals surface area contributed by atoms with Crippen molar-refractivity contribution >= 4 is 0 Å². The second-order valence-corrected chi connectivity index (χ2v) is 5.90. The zero-order valence-corrected chi connectivity index (χ0v) is 10.9. The molecule has 3 atom stereocenters. The van der Waals surface area contributed by atoms with Gasteiger partial charge in [0, 0.05) is 25.2 Å². The maximum absolute atomic E-state index is 5.94. The molecule has 0 bridgehead atoms. The van der Waals surface area contributed by atoms with Gasteiger partial charge in [0.05, 0.1) is 12.7 Å². The van der Waals surface area contributed by atoms with Crippen molar-refractivity contribution in [3.8, 4) is 0 Å². The lowest BCUT2D eigenvalue weighted by atomic mass is 9.89. The van der Waals surface area contributed by atoms with E-state index in [-0.39, 0.29) is 0 Å². The Hall–Kier alpha value is -0.120. The van der Waals surface area contributed by atoms with Crippen LogP contribution in [-0.2, 0) is 4.74 Å². The predicted molar refractivity (Wildman–Crippen MR) is 69.2 cm³/mol. The fourth-order valence-electron chi connectivity index (χ4n) is 3.77. The zero-order chi connectivity index (χ0) is 11.5. The molecule has 98 valence electrons. The van der Waals surface area contributed by atoms with Crippen LogP contribution in [0.4, 0.5) is 0 Å². The van der Waals surface area contributed by atoms with Crippen molar-refractivity contribution in [1.82, 2.24) is 10.2 Å². The molecule has 0 aromatic heterocycles. The molecule has 0 aromatic rings. The van der Waals surface area contributed by atoms with E-state index in [4.69, 9.17) is 4.74 Å². The van der Waals surface area contributed by atoms with Crippen molar-refractivity contribution in [1.29, 1.82) is 0 Å². The lowest BCUT2D eigenvalue weighted by Gasteiger charge is -2.45. The number of hydrogen-bond acceptors (Lipinski definition) is 3. The second-order valence-electron chi connectivity index (χ2n) is 5.90. The Kier molecular flexibility index (Phi) is 3.99. The maximum atomic E-state index is 5.94. The lowest BCUT2D eigenvalue weighted by molar-refractivity contribution is -0.0906. The average molecular weight is 238 g/mol. The first-order valence-electron chi connectivity index (χ1n) is 7.52. The normalized spacial score (nSPS) is 39.9. The van der Waals surface area contributed by atoms with Gasteiger partial charge in [-0.2, -0.15) is 0 Å². The van der Waals surface area contributed by atoms with E-state index in [9.17, 15) is 0 Å². The van der Waals surface area contributed by atoms with Gasteiger partial charge in [-0.15, -0.1) is 0 Å². The minimum atomic E-state index is 0.543. The number of piperidine rings is 1. The standard InChI is InChI=1S/C14H26N2O/c1-2-7-14-13(6-1)16(9-10-17-14)11-12-5-3-4-8-15-12/h12-15H,1-11H2. The molecule has 3 nitrogen and oxygen atoms in total. The highest BCUT2D eigenvalue weighted by molar-refractivity contribution is 4.89. The van der Waals surface area contributed by atoms with E-state index < -0.39 is 0 Å². The van der Waals surface area contributed by atoms with Crippen LogP contribution in [0.1, 0.15) is 44.9 Å². The van der Waals surface area contributed by atoms with E-state index in [1.807, 2.05) is 0 Å². The van der Waals surface area contributed by atoms with Crippen LogP contribution >= 0.6 is 0 Å². The fraction of sp³-hybridized carbons (Fsp3) is 1.00.